The van der Waals surface area contributed by atoms with Gasteiger partial charge >= 0.3 is 0 Å². The van der Waals surface area contributed by atoms with E-state index in [0.717, 1.165) is 13.0 Å². The van der Waals surface area contributed by atoms with Gasteiger partial charge in [0, 0.05) is 26.0 Å². The fourth-order valence-electron chi connectivity index (χ4n) is 1.47. The van der Waals surface area contributed by atoms with Gasteiger partial charge in [0.2, 0.25) is 6.67 Å². The molecule has 0 bridgehead atoms. The van der Waals surface area contributed by atoms with Gasteiger partial charge in [0.1, 0.15) is 0 Å². The summed E-state index contributed by atoms with van der Waals surface area (Å²) in [5.74, 6) is 0. The zero-order valence-electron chi connectivity index (χ0n) is 8.35. The van der Waals surface area contributed by atoms with Crippen molar-refractivity contribution in [2.45, 2.75) is 6.42 Å². The van der Waals surface area contributed by atoms with Gasteiger partial charge in [-0.05, 0) is 12.0 Å². The Morgan fingerprint density at radius 3 is 2.57 bits per heavy atom. The molecule has 1 aromatic carbocycles. The first-order valence-electron chi connectivity index (χ1n) is 4.82. The molecule has 14 heavy (non-hydrogen) atoms. The van der Waals surface area contributed by atoms with Gasteiger partial charge < -0.3 is 9.80 Å². The maximum absolute atomic E-state index is 3.18. The molecule has 1 heterocycles. The lowest BCUT2D eigenvalue weighted by molar-refractivity contribution is 0.382. The Labute approximate surface area is 85.4 Å². The molecule has 0 aromatic heterocycles. The Bertz CT molecular complexity index is 305. The van der Waals surface area contributed by atoms with Crippen LogP contribution in [-0.4, -0.2) is 23.4 Å². The summed E-state index contributed by atoms with van der Waals surface area (Å²) in [7, 11) is 1.99. The van der Waals surface area contributed by atoms with E-state index < -0.39 is 0 Å². The largest absolute Gasteiger partial charge is 0.349 e. The third kappa shape index (κ3) is 2.28. The maximum atomic E-state index is 3.18. The SMILES string of the molecule is CN1[C]N(CCc2ccccc2)C=C1. The molecule has 0 saturated carbocycles. The third-order valence-corrected chi connectivity index (χ3v) is 2.24. The highest BCUT2D eigenvalue weighted by atomic mass is 15.3. The van der Waals surface area contributed by atoms with Crippen molar-refractivity contribution >= 4 is 0 Å². The van der Waals surface area contributed by atoms with Crippen molar-refractivity contribution in [2.24, 2.45) is 0 Å². The summed E-state index contributed by atoms with van der Waals surface area (Å²) in [5, 5.41) is 0. The molecule has 0 fully saturated rings. The molecule has 2 nitrogen and oxygen atoms in total. The molecule has 72 valence electrons. The Balaban J connectivity index is 1.81. The molecule has 1 aliphatic rings. The summed E-state index contributed by atoms with van der Waals surface area (Å²) in [6.07, 6.45) is 5.11. The summed E-state index contributed by atoms with van der Waals surface area (Å²) in [6.45, 7) is 4.17. The van der Waals surface area contributed by atoms with E-state index in [1.807, 2.05) is 30.4 Å². The topological polar surface area (TPSA) is 6.48 Å². The maximum Gasteiger partial charge on any atom is 0.207 e. The predicted molar refractivity (Wildman–Crippen MR) is 57.0 cm³/mol. The number of nitrogens with zero attached hydrogens (tertiary/aromatic N) is 2. The molecule has 0 amide bonds. The molecular formula is C12H14N2. The van der Waals surface area contributed by atoms with Crippen molar-refractivity contribution in [3.05, 3.63) is 55.0 Å². The van der Waals surface area contributed by atoms with Gasteiger partial charge in [0.25, 0.3) is 0 Å². The normalized spacial score (nSPS) is 15.2. The van der Waals surface area contributed by atoms with Gasteiger partial charge in [-0.15, -0.1) is 0 Å². The minimum absolute atomic E-state index is 0.991. The van der Waals surface area contributed by atoms with Gasteiger partial charge in [-0.25, -0.2) is 0 Å². The minimum Gasteiger partial charge on any atom is -0.349 e. The highest BCUT2D eigenvalue weighted by molar-refractivity contribution is 5.15. The Morgan fingerprint density at radius 2 is 1.93 bits per heavy atom. The van der Waals surface area contributed by atoms with Gasteiger partial charge in [-0.3, -0.25) is 0 Å². The smallest absolute Gasteiger partial charge is 0.207 e. The first-order valence-corrected chi connectivity index (χ1v) is 4.82. The Kier molecular flexibility index (Phi) is 2.73. The molecule has 1 aromatic rings. The van der Waals surface area contributed by atoms with E-state index in [2.05, 4.69) is 35.8 Å². The number of hydrogen-bond acceptors (Lipinski definition) is 2. The first kappa shape index (κ1) is 9.13. The molecule has 0 saturated heterocycles. The quantitative estimate of drug-likeness (QED) is 0.712. The molecule has 2 heteroatoms. The average Bonchev–Trinajstić information content (AvgIpc) is 2.63. The average molecular weight is 186 g/mol. The van der Waals surface area contributed by atoms with Crippen LogP contribution in [0, 0.1) is 6.67 Å². The molecule has 0 N–H and O–H groups in total. The van der Waals surface area contributed by atoms with E-state index in [9.17, 15) is 0 Å². The molecule has 0 spiro atoms. The summed E-state index contributed by atoms with van der Waals surface area (Å²) >= 11 is 0. The van der Waals surface area contributed by atoms with Crippen molar-refractivity contribution in [3.8, 4) is 0 Å². The minimum atomic E-state index is 0.991. The van der Waals surface area contributed by atoms with E-state index in [0.29, 0.717) is 0 Å². The number of rotatable bonds is 3. The standard InChI is InChI=1S/C12H14N2/c1-13-9-10-14(11-13)8-7-12-5-3-2-4-6-12/h2-6,9-10H,7-8H2,1H3. The molecule has 2 radical (unpaired) electrons. The van der Waals surface area contributed by atoms with Crippen LogP contribution in [0.2, 0.25) is 0 Å². The van der Waals surface area contributed by atoms with Crippen molar-refractivity contribution in [2.75, 3.05) is 13.6 Å². The van der Waals surface area contributed by atoms with E-state index in [1.165, 1.54) is 5.56 Å². The second kappa shape index (κ2) is 4.18. The molecule has 1 aliphatic heterocycles. The molecule has 0 atom stereocenters. The van der Waals surface area contributed by atoms with Gasteiger partial charge in [-0.1, -0.05) is 30.3 Å². The monoisotopic (exact) mass is 186 g/mol. The van der Waals surface area contributed by atoms with Gasteiger partial charge in [0.15, 0.2) is 0 Å². The fraction of sp³-hybridized carbons (Fsp3) is 0.250. The highest BCUT2D eigenvalue weighted by Crippen LogP contribution is 2.09. The summed E-state index contributed by atoms with van der Waals surface area (Å²) in [5.41, 5.74) is 1.37. The number of hydrogen-bond donors (Lipinski definition) is 0. The van der Waals surface area contributed by atoms with Crippen molar-refractivity contribution < 1.29 is 0 Å². The Hall–Kier alpha value is -1.44. The van der Waals surface area contributed by atoms with Gasteiger partial charge in [0.05, 0.1) is 0 Å². The second-order valence-corrected chi connectivity index (χ2v) is 3.44. The molecule has 0 unspecified atom stereocenters. The van der Waals surface area contributed by atoms with Crippen LogP contribution in [0.25, 0.3) is 0 Å². The predicted octanol–water partition coefficient (Wildman–Crippen LogP) is 1.94. The highest BCUT2D eigenvalue weighted by Gasteiger charge is 2.09. The van der Waals surface area contributed by atoms with Crippen molar-refractivity contribution in [1.82, 2.24) is 9.80 Å². The second-order valence-electron chi connectivity index (χ2n) is 3.44. The third-order valence-electron chi connectivity index (χ3n) is 2.24. The zero-order chi connectivity index (χ0) is 9.80. The van der Waals surface area contributed by atoms with E-state index >= 15 is 0 Å². The number of benzene rings is 1. The molecule has 0 aliphatic carbocycles. The van der Waals surface area contributed by atoms with Crippen LogP contribution in [0.4, 0.5) is 0 Å². The molecule has 2 rings (SSSR count). The summed E-state index contributed by atoms with van der Waals surface area (Å²) in [6, 6.07) is 10.5. The lowest BCUT2D eigenvalue weighted by Crippen LogP contribution is -2.18. The van der Waals surface area contributed by atoms with Crippen molar-refractivity contribution in [1.29, 1.82) is 0 Å². The summed E-state index contributed by atoms with van der Waals surface area (Å²) < 4.78 is 0. The van der Waals surface area contributed by atoms with Gasteiger partial charge in [-0.2, -0.15) is 0 Å². The van der Waals surface area contributed by atoms with Crippen LogP contribution in [0.15, 0.2) is 42.7 Å². The first-order chi connectivity index (χ1) is 6.84. The van der Waals surface area contributed by atoms with Crippen LogP contribution < -0.4 is 0 Å². The van der Waals surface area contributed by atoms with Crippen LogP contribution in [0.5, 0.6) is 0 Å². The van der Waals surface area contributed by atoms with E-state index in [1.54, 1.807) is 0 Å². The lowest BCUT2D eigenvalue weighted by Gasteiger charge is -2.15. The van der Waals surface area contributed by atoms with Crippen LogP contribution in [-0.2, 0) is 6.42 Å². The van der Waals surface area contributed by atoms with Crippen LogP contribution in [0.1, 0.15) is 5.56 Å². The summed E-state index contributed by atoms with van der Waals surface area (Å²) in [4.78, 5) is 4.01. The fourth-order valence-corrected chi connectivity index (χ4v) is 1.47. The lowest BCUT2D eigenvalue weighted by atomic mass is 10.1. The zero-order valence-corrected chi connectivity index (χ0v) is 8.35. The van der Waals surface area contributed by atoms with E-state index in [4.69, 9.17) is 0 Å². The van der Waals surface area contributed by atoms with E-state index in [-0.39, 0.29) is 0 Å². The van der Waals surface area contributed by atoms with Crippen molar-refractivity contribution in [3.63, 3.8) is 0 Å². The van der Waals surface area contributed by atoms with Crippen LogP contribution in [0.3, 0.4) is 0 Å². The Morgan fingerprint density at radius 1 is 1.14 bits per heavy atom. The van der Waals surface area contributed by atoms with Crippen LogP contribution >= 0.6 is 0 Å². The molecular weight excluding hydrogens is 172 g/mol.